The lowest BCUT2D eigenvalue weighted by molar-refractivity contribution is 0.0545. The first-order chi connectivity index (χ1) is 8.61. The van der Waals surface area contributed by atoms with Gasteiger partial charge in [0.05, 0.1) is 13.2 Å². The summed E-state index contributed by atoms with van der Waals surface area (Å²) in [5.41, 5.74) is 8.63. The van der Waals surface area contributed by atoms with Gasteiger partial charge in [-0.1, -0.05) is 6.07 Å². The molecular formula is C13H18F2N2O. The predicted molar refractivity (Wildman–Crippen MR) is 66.6 cm³/mol. The van der Waals surface area contributed by atoms with Gasteiger partial charge in [0.2, 0.25) is 0 Å². The summed E-state index contributed by atoms with van der Waals surface area (Å²) in [6, 6.07) is 5.60. The Morgan fingerprint density at radius 2 is 2.22 bits per heavy atom. The number of aliphatic hydroxyl groups is 1. The Balaban J connectivity index is 2.19. The van der Waals surface area contributed by atoms with Crippen LogP contribution in [0.3, 0.4) is 0 Å². The van der Waals surface area contributed by atoms with Crippen molar-refractivity contribution >= 4 is 5.69 Å². The third-order valence-corrected chi connectivity index (χ3v) is 3.41. The molecular weight excluding hydrogens is 238 g/mol. The van der Waals surface area contributed by atoms with Gasteiger partial charge in [-0.05, 0) is 36.1 Å². The van der Waals surface area contributed by atoms with E-state index in [4.69, 9.17) is 10.8 Å². The highest BCUT2D eigenvalue weighted by Gasteiger charge is 2.29. The predicted octanol–water partition coefficient (Wildman–Crippen LogP) is 1.82. The van der Waals surface area contributed by atoms with Gasteiger partial charge in [0.15, 0.2) is 0 Å². The number of halogens is 2. The molecule has 1 unspecified atom stereocenters. The number of nitrogens with two attached hydrogens (primary N) is 1. The summed E-state index contributed by atoms with van der Waals surface area (Å²) < 4.78 is 25.1. The van der Waals surface area contributed by atoms with E-state index in [1.54, 1.807) is 11.0 Å². The first-order valence-corrected chi connectivity index (χ1v) is 6.13. The van der Waals surface area contributed by atoms with Crippen LogP contribution in [-0.2, 0) is 6.42 Å². The van der Waals surface area contributed by atoms with E-state index in [9.17, 15) is 8.78 Å². The highest BCUT2D eigenvalue weighted by atomic mass is 19.3. The standard InChI is InChI=1S/C13H18F2N2O/c14-13(15)8-17(5-6-18)12-4-1-9-7-10(16)2-3-11(9)12/h2-3,7,12-13,18H,1,4-6,8,16H2. The molecule has 0 aliphatic heterocycles. The molecule has 1 atom stereocenters. The molecule has 0 bridgehead atoms. The smallest absolute Gasteiger partial charge is 0.251 e. The molecule has 0 heterocycles. The van der Waals surface area contributed by atoms with Crippen LogP contribution in [0.4, 0.5) is 14.5 Å². The molecule has 3 nitrogen and oxygen atoms in total. The zero-order chi connectivity index (χ0) is 13.1. The Morgan fingerprint density at radius 1 is 1.44 bits per heavy atom. The van der Waals surface area contributed by atoms with Gasteiger partial charge in [0.25, 0.3) is 6.43 Å². The van der Waals surface area contributed by atoms with Crippen molar-refractivity contribution in [2.45, 2.75) is 25.3 Å². The van der Waals surface area contributed by atoms with E-state index in [1.165, 1.54) is 0 Å². The number of nitrogens with zero attached hydrogens (tertiary/aromatic N) is 1. The van der Waals surface area contributed by atoms with Crippen LogP contribution in [0.2, 0.25) is 0 Å². The van der Waals surface area contributed by atoms with Crippen molar-refractivity contribution < 1.29 is 13.9 Å². The van der Waals surface area contributed by atoms with Gasteiger partial charge < -0.3 is 10.8 Å². The van der Waals surface area contributed by atoms with Crippen LogP contribution in [0.15, 0.2) is 18.2 Å². The zero-order valence-corrected chi connectivity index (χ0v) is 10.1. The van der Waals surface area contributed by atoms with Gasteiger partial charge in [0, 0.05) is 18.3 Å². The van der Waals surface area contributed by atoms with Crippen LogP contribution in [0, 0.1) is 0 Å². The molecule has 0 saturated carbocycles. The molecule has 18 heavy (non-hydrogen) atoms. The topological polar surface area (TPSA) is 49.5 Å². The maximum Gasteiger partial charge on any atom is 0.251 e. The van der Waals surface area contributed by atoms with Crippen molar-refractivity contribution in [3.8, 4) is 0 Å². The maximum atomic E-state index is 12.6. The fraction of sp³-hybridized carbons (Fsp3) is 0.538. The first kappa shape index (κ1) is 13.2. The fourth-order valence-corrected chi connectivity index (χ4v) is 2.67. The van der Waals surface area contributed by atoms with Gasteiger partial charge >= 0.3 is 0 Å². The Hall–Kier alpha value is -1.20. The number of nitrogen functional groups attached to an aromatic ring is 1. The molecule has 3 N–H and O–H groups in total. The quantitative estimate of drug-likeness (QED) is 0.790. The third-order valence-electron chi connectivity index (χ3n) is 3.41. The van der Waals surface area contributed by atoms with Crippen LogP contribution in [-0.4, -0.2) is 36.1 Å². The van der Waals surface area contributed by atoms with Crippen LogP contribution in [0.5, 0.6) is 0 Å². The molecule has 0 saturated heterocycles. The summed E-state index contributed by atoms with van der Waals surface area (Å²) in [5, 5.41) is 9.00. The van der Waals surface area contributed by atoms with Crippen molar-refractivity contribution in [1.29, 1.82) is 0 Å². The van der Waals surface area contributed by atoms with Gasteiger partial charge in [-0.25, -0.2) is 8.78 Å². The lowest BCUT2D eigenvalue weighted by Gasteiger charge is -2.28. The Bertz CT molecular complexity index is 412. The highest BCUT2D eigenvalue weighted by Crippen LogP contribution is 2.36. The molecule has 0 aromatic heterocycles. The molecule has 100 valence electrons. The number of hydrogen-bond donors (Lipinski definition) is 2. The summed E-state index contributed by atoms with van der Waals surface area (Å²) in [4.78, 5) is 1.66. The minimum atomic E-state index is -2.38. The van der Waals surface area contributed by atoms with Crippen LogP contribution < -0.4 is 5.73 Å². The summed E-state index contributed by atoms with van der Waals surface area (Å²) in [5.74, 6) is 0. The molecule has 0 fully saturated rings. The van der Waals surface area contributed by atoms with Gasteiger partial charge in [-0.3, -0.25) is 4.90 Å². The number of aliphatic hydroxyl groups excluding tert-OH is 1. The van der Waals surface area contributed by atoms with Crippen molar-refractivity contribution in [2.75, 3.05) is 25.4 Å². The van der Waals surface area contributed by atoms with E-state index in [1.807, 2.05) is 12.1 Å². The van der Waals surface area contributed by atoms with Gasteiger partial charge in [-0.2, -0.15) is 0 Å². The maximum absolute atomic E-state index is 12.6. The Kier molecular flexibility index (Phi) is 4.14. The van der Waals surface area contributed by atoms with E-state index in [0.717, 1.165) is 24.0 Å². The van der Waals surface area contributed by atoms with E-state index < -0.39 is 6.43 Å². The largest absolute Gasteiger partial charge is 0.399 e. The monoisotopic (exact) mass is 256 g/mol. The molecule has 0 amide bonds. The summed E-state index contributed by atoms with van der Waals surface area (Å²) in [7, 11) is 0. The summed E-state index contributed by atoms with van der Waals surface area (Å²) in [6.07, 6.45) is -0.712. The molecule has 1 aromatic rings. The molecule has 1 aliphatic carbocycles. The van der Waals surface area contributed by atoms with E-state index >= 15 is 0 Å². The van der Waals surface area contributed by atoms with Crippen molar-refractivity contribution in [3.63, 3.8) is 0 Å². The second kappa shape index (κ2) is 5.63. The summed E-state index contributed by atoms with van der Waals surface area (Å²) in [6.45, 7) is -0.124. The highest BCUT2D eigenvalue weighted by molar-refractivity contribution is 5.47. The normalized spacial score (nSPS) is 18.6. The number of fused-ring (bicyclic) bond motifs is 1. The van der Waals surface area contributed by atoms with Gasteiger partial charge in [0.1, 0.15) is 0 Å². The van der Waals surface area contributed by atoms with Crippen molar-refractivity contribution in [1.82, 2.24) is 4.90 Å². The average Bonchev–Trinajstić information content (AvgIpc) is 2.70. The SMILES string of the molecule is Nc1ccc2c(c1)CCC2N(CCO)CC(F)F. The van der Waals surface area contributed by atoms with Crippen LogP contribution >= 0.6 is 0 Å². The molecule has 5 heteroatoms. The number of hydrogen-bond acceptors (Lipinski definition) is 3. The lowest BCUT2D eigenvalue weighted by Crippen LogP contribution is -2.34. The molecule has 2 rings (SSSR count). The summed E-state index contributed by atoms with van der Waals surface area (Å²) >= 11 is 0. The number of rotatable bonds is 5. The minimum absolute atomic E-state index is 0.0262. The number of aryl methyl sites for hydroxylation is 1. The second-order valence-corrected chi connectivity index (χ2v) is 4.62. The lowest BCUT2D eigenvalue weighted by atomic mass is 10.1. The van der Waals surface area contributed by atoms with E-state index in [-0.39, 0.29) is 25.7 Å². The minimum Gasteiger partial charge on any atom is -0.399 e. The zero-order valence-electron chi connectivity index (χ0n) is 10.1. The van der Waals surface area contributed by atoms with E-state index in [2.05, 4.69) is 0 Å². The van der Waals surface area contributed by atoms with E-state index in [0.29, 0.717) is 5.69 Å². The number of anilines is 1. The number of alkyl halides is 2. The fourth-order valence-electron chi connectivity index (χ4n) is 2.67. The molecule has 0 radical (unpaired) electrons. The van der Waals surface area contributed by atoms with Crippen LogP contribution in [0.25, 0.3) is 0 Å². The Morgan fingerprint density at radius 3 is 2.89 bits per heavy atom. The average molecular weight is 256 g/mol. The van der Waals surface area contributed by atoms with Gasteiger partial charge in [-0.15, -0.1) is 0 Å². The Labute approximate surface area is 105 Å². The molecule has 0 spiro atoms. The number of benzene rings is 1. The van der Waals surface area contributed by atoms with Crippen molar-refractivity contribution in [3.05, 3.63) is 29.3 Å². The second-order valence-electron chi connectivity index (χ2n) is 4.62. The first-order valence-electron chi connectivity index (χ1n) is 6.13. The van der Waals surface area contributed by atoms with Crippen LogP contribution in [0.1, 0.15) is 23.6 Å². The molecule has 1 aliphatic rings. The third kappa shape index (κ3) is 2.79. The molecule has 1 aromatic carbocycles. The van der Waals surface area contributed by atoms with Crippen molar-refractivity contribution in [2.24, 2.45) is 0 Å².